The van der Waals surface area contributed by atoms with Crippen LogP contribution in [-0.4, -0.2) is 16.3 Å². The molecule has 0 fully saturated rings. The van der Waals surface area contributed by atoms with Gasteiger partial charge in [0.15, 0.2) is 11.7 Å². The number of aldehydes is 1. The van der Waals surface area contributed by atoms with Crippen LogP contribution in [-0.2, 0) is 0 Å². The summed E-state index contributed by atoms with van der Waals surface area (Å²) in [4.78, 5) is 37.6. The second kappa shape index (κ2) is 15.8. The molecule has 4 aromatic carbocycles. The topological polar surface area (TPSA) is 97.1 Å². The van der Waals surface area contributed by atoms with Crippen LogP contribution in [0.2, 0.25) is 0 Å². The van der Waals surface area contributed by atoms with E-state index in [0.29, 0.717) is 22.5 Å². The quantitative estimate of drug-likeness (QED) is 0.0720. The molecule has 0 bridgehead atoms. The van der Waals surface area contributed by atoms with Crippen LogP contribution in [0.25, 0.3) is 55.2 Å². The number of thiol groups is 1. The number of nitrogens with zero attached hydrogens (tertiary/aromatic N) is 2. The van der Waals surface area contributed by atoms with E-state index in [1.165, 1.54) is 5.56 Å². The highest BCUT2D eigenvalue weighted by atomic mass is 32.1. The number of carbonyl (C=O) groups excluding carboxylic acids is 1. The Balaban J connectivity index is 1.31. The van der Waals surface area contributed by atoms with Crippen LogP contribution < -0.4 is 16.1 Å². The third-order valence-corrected chi connectivity index (χ3v) is 12.6. The first-order valence-corrected chi connectivity index (χ1v) is 20.8. The number of rotatable bonds is 10. The van der Waals surface area contributed by atoms with E-state index in [-0.39, 0.29) is 23.6 Å². The summed E-state index contributed by atoms with van der Waals surface area (Å²) in [5.74, 6) is 0.470. The van der Waals surface area contributed by atoms with Crippen molar-refractivity contribution < 1.29 is 9.21 Å². The molecule has 0 saturated carbocycles. The van der Waals surface area contributed by atoms with Gasteiger partial charge in [-0.05, 0) is 126 Å². The maximum Gasteiger partial charge on any atom is 0.187 e. The Morgan fingerprint density at radius 3 is 1.75 bits per heavy atom. The smallest absolute Gasteiger partial charge is 0.187 e. The summed E-state index contributed by atoms with van der Waals surface area (Å²) in [5, 5.41) is 10.7. The average Bonchev–Trinajstić information content (AvgIpc) is 3.20. The van der Waals surface area contributed by atoms with Crippen molar-refractivity contribution in [2.75, 3.05) is 0 Å². The van der Waals surface area contributed by atoms with Gasteiger partial charge in [0.2, 0.25) is 0 Å². The van der Waals surface area contributed by atoms with Crippen molar-refractivity contribution in [3.63, 3.8) is 0 Å². The van der Waals surface area contributed by atoms with Gasteiger partial charge in [0.25, 0.3) is 0 Å². The fourth-order valence-electron chi connectivity index (χ4n) is 8.93. The zero-order valence-electron chi connectivity index (χ0n) is 35.1. The maximum atomic E-state index is 14.2. The monoisotopic (exact) mass is 798 g/mol. The van der Waals surface area contributed by atoms with E-state index in [1.807, 2.05) is 64.1 Å². The van der Waals surface area contributed by atoms with Crippen LogP contribution in [0.15, 0.2) is 105 Å². The minimum Gasteiger partial charge on any atom is -0.455 e. The molecule has 2 N–H and O–H groups in total. The molecule has 4 unspecified atom stereocenters. The highest BCUT2D eigenvalue weighted by Crippen LogP contribution is 2.47. The zero-order chi connectivity index (χ0) is 41.9. The third-order valence-electron chi connectivity index (χ3n) is 12.0. The van der Waals surface area contributed by atoms with E-state index >= 15 is 0 Å². The van der Waals surface area contributed by atoms with E-state index < -0.39 is 6.04 Å². The summed E-state index contributed by atoms with van der Waals surface area (Å²) in [6.07, 6.45) is 0.891. The zero-order valence-corrected chi connectivity index (χ0v) is 36.0. The van der Waals surface area contributed by atoms with Crippen LogP contribution >= 0.6 is 12.6 Å². The van der Waals surface area contributed by atoms with Crippen molar-refractivity contribution in [2.45, 2.75) is 91.4 Å². The second-order valence-electron chi connectivity index (χ2n) is 16.2. The number of fused-ring (bicyclic) bond motifs is 4. The van der Waals surface area contributed by atoms with Gasteiger partial charge in [-0.3, -0.25) is 19.6 Å². The predicted molar refractivity (Wildman–Crippen MR) is 244 cm³/mol. The number of aryl methyl sites for hydroxylation is 5. The van der Waals surface area contributed by atoms with Crippen molar-refractivity contribution in [1.82, 2.24) is 20.6 Å². The average molecular weight is 799 g/mol. The minimum atomic E-state index is -0.427. The maximum absolute atomic E-state index is 14.2. The van der Waals surface area contributed by atoms with Crippen molar-refractivity contribution in [3.05, 3.63) is 157 Å². The number of aromatic nitrogens is 2. The molecule has 1 aliphatic carbocycles. The summed E-state index contributed by atoms with van der Waals surface area (Å²) in [5.41, 5.74) is 14.0. The lowest BCUT2D eigenvalue weighted by molar-refractivity contribution is 0.112. The summed E-state index contributed by atoms with van der Waals surface area (Å²) in [7, 11) is 0. The molecule has 59 heavy (non-hydrogen) atoms. The fraction of sp³-hybridized carbons (Fsp3) is 0.255. The van der Waals surface area contributed by atoms with Gasteiger partial charge in [-0.1, -0.05) is 60.7 Å². The molecule has 0 spiro atoms. The van der Waals surface area contributed by atoms with Crippen LogP contribution in [0.5, 0.6) is 0 Å². The van der Waals surface area contributed by atoms with Crippen LogP contribution in [0, 0.1) is 34.6 Å². The van der Waals surface area contributed by atoms with E-state index in [1.54, 1.807) is 6.07 Å². The van der Waals surface area contributed by atoms with Gasteiger partial charge >= 0.3 is 0 Å². The SMILES string of the molecule is Cc1ccc2c(C)ccc(C(C)NC(C)c3c4oc5c(C(C)NC(C)c6ccc(C)c7ccc(C)nc67)c(S)c(C)cc5c(-c5ccccc5C=O)c-4ccc3=O)c2n1. The molecule has 8 rings (SSSR count). The highest BCUT2D eigenvalue weighted by Gasteiger charge is 2.30. The molecule has 4 atom stereocenters. The Labute approximate surface area is 351 Å². The summed E-state index contributed by atoms with van der Waals surface area (Å²) >= 11 is 5.14. The van der Waals surface area contributed by atoms with Gasteiger partial charge in [0.05, 0.1) is 16.6 Å². The molecule has 0 radical (unpaired) electrons. The molecule has 0 amide bonds. The molecule has 1 aliphatic heterocycles. The fourth-order valence-corrected chi connectivity index (χ4v) is 9.29. The summed E-state index contributed by atoms with van der Waals surface area (Å²) in [6.45, 7) is 18.7. The molecule has 2 aromatic heterocycles. The predicted octanol–water partition coefficient (Wildman–Crippen LogP) is 12.1. The largest absolute Gasteiger partial charge is 0.455 e. The first-order chi connectivity index (χ1) is 28.3. The first-order valence-electron chi connectivity index (χ1n) is 20.3. The number of hydrogen-bond donors (Lipinski definition) is 3. The van der Waals surface area contributed by atoms with E-state index in [2.05, 4.69) is 93.8 Å². The van der Waals surface area contributed by atoms with Crippen LogP contribution in [0.1, 0.15) is 113 Å². The molecule has 8 heteroatoms. The van der Waals surface area contributed by atoms with Gasteiger partial charge < -0.3 is 15.1 Å². The van der Waals surface area contributed by atoms with Crippen molar-refractivity contribution >= 4 is 51.7 Å². The Morgan fingerprint density at radius 2 is 1.17 bits per heavy atom. The number of carbonyl (C=O) groups is 1. The molecule has 0 saturated heterocycles. The van der Waals surface area contributed by atoms with Gasteiger partial charge in [0.1, 0.15) is 11.3 Å². The van der Waals surface area contributed by atoms with Gasteiger partial charge in [-0.2, -0.15) is 0 Å². The van der Waals surface area contributed by atoms with Crippen molar-refractivity contribution in [1.29, 1.82) is 0 Å². The first kappa shape index (κ1) is 40.1. The Morgan fingerprint density at radius 1 is 0.610 bits per heavy atom. The van der Waals surface area contributed by atoms with E-state index in [0.717, 1.165) is 94.3 Å². The molecule has 298 valence electrons. The van der Waals surface area contributed by atoms with Crippen molar-refractivity contribution in [2.24, 2.45) is 0 Å². The third kappa shape index (κ3) is 7.13. The number of hydrogen-bond acceptors (Lipinski definition) is 8. The van der Waals surface area contributed by atoms with Crippen LogP contribution in [0.3, 0.4) is 0 Å². The lowest BCUT2D eigenvalue weighted by Gasteiger charge is -2.27. The summed E-state index contributed by atoms with van der Waals surface area (Å²) < 4.78 is 7.14. The second-order valence-corrected chi connectivity index (χ2v) is 16.7. The molecule has 3 heterocycles. The molecule has 2 aliphatic rings. The Bertz CT molecular complexity index is 2990. The standard InChI is InChI=1S/C51H50N4O3S/c1-26-14-18-38(47-36(26)20-16-29(4)52-47)31(6)54-33(8)44-43(57)23-22-41-46(40-13-11-10-12-35(40)25-56)42-24-28(3)51(59)45(50(42)58-49(41)44)34(9)55-32(7)39-19-15-27(2)37-21-17-30(5)53-48(37)39/h10-25,31-34,54-55,59H,1-9H3. The number of nitrogens with one attached hydrogen (secondary N) is 2. The molecular formula is C51H50N4O3S. The minimum absolute atomic E-state index is 0.0907. The van der Waals surface area contributed by atoms with Gasteiger partial charge in [-0.25, -0.2) is 0 Å². The summed E-state index contributed by atoms with van der Waals surface area (Å²) in [6, 6.07) is 29.1. The Hall–Kier alpha value is -5.67. The lowest BCUT2D eigenvalue weighted by atomic mass is 9.86. The number of benzene rings is 5. The van der Waals surface area contributed by atoms with Crippen LogP contribution in [0.4, 0.5) is 0 Å². The highest BCUT2D eigenvalue weighted by molar-refractivity contribution is 7.80. The van der Waals surface area contributed by atoms with E-state index in [9.17, 15) is 9.59 Å². The van der Waals surface area contributed by atoms with Gasteiger partial charge in [-0.15, -0.1) is 12.6 Å². The molecule has 7 nitrogen and oxygen atoms in total. The van der Waals surface area contributed by atoms with Gasteiger partial charge in [0, 0.05) is 78.9 Å². The lowest BCUT2D eigenvalue weighted by Crippen LogP contribution is -2.28. The molecular weight excluding hydrogens is 749 g/mol. The normalized spacial score (nSPS) is 13.9. The number of pyridine rings is 2. The van der Waals surface area contributed by atoms with Crippen molar-refractivity contribution in [3.8, 4) is 22.5 Å². The Kier molecular flexibility index (Phi) is 10.8. The van der Waals surface area contributed by atoms with E-state index in [4.69, 9.17) is 27.0 Å². The molecule has 6 aromatic rings.